The molecular weight excluding hydrogens is 112 g/mol. The minimum absolute atomic E-state index is 0.812. The third kappa shape index (κ3) is 3.53. The molecule has 0 saturated heterocycles. The highest BCUT2D eigenvalue weighted by Gasteiger charge is 1.81. The molecular formula is C7H12N2. The third-order valence-corrected chi connectivity index (χ3v) is 0.889. The zero-order chi connectivity index (χ0) is 7.28. The van der Waals surface area contributed by atoms with Gasteiger partial charge in [-0.3, -0.25) is 4.99 Å². The van der Waals surface area contributed by atoms with Crippen molar-refractivity contribution in [3.8, 4) is 0 Å². The fourth-order valence-corrected chi connectivity index (χ4v) is 0.361. The topological polar surface area (TPSA) is 38.4 Å². The number of allylic oxidation sites excluding steroid dienone is 2. The van der Waals surface area contributed by atoms with E-state index in [1.54, 1.807) is 6.08 Å². The van der Waals surface area contributed by atoms with Gasteiger partial charge in [-0.05, 0) is 19.9 Å². The smallest absolute Gasteiger partial charge is 0.0530 e. The fourth-order valence-electron chi connectivity index (χ4n) is 0.361. The van der Waals surface area contributed by atoms with Crippen LogP contribution < -0.4 is 5.73 Å². The molecule has 9 heavy (non-hydrogen) atoms. The Hall–Kier alpha value is -1.05. The van der Waals surface area contributed by atoms with Crippen molar-refractivity contribution in [1.29, 1.82) is 0 Å². The number of hydrogen-bond acceptors (Lipinski definition) is 2. The maximum absolute atomic E-state index is 5.17. The van der Waals surface area contributed by atoms with Gasteiger partial charge in [-0.25, -0.2) is 0 Å². The molecule has 0 amide bonds. The van der Waals surface area contributed by atoms with Gasteiger partial charge in [0.05, 0.1) is 5.70 Å². The molecule has 2 heteroatoms. The van der Waals surface area contributed by atoms with Crippen molar-refractivity contribution in [2.45, 2.75) is 13.8 Å². The Morgan fingerprint density at radius 2 is 2.11 bits per heavy atom. The van der Waals surface area contributed by atoms with Gasteiger partial charge < -0.3 is 5.73 Å². The lowest BCUT2D eigenvalue weighted by Gasteiger charge is -1.90. The Morgan fingerprint density at radius 1 is 1.56 bits per heavy atom. The van der Waals surface area contributed by atoms with Gasteiger partial charge in [0, 0.05) is 11.9 Å². The Bertz CT molecular complexity index is 154. The fraction of sp³-hybridized carbons (Fsp3) is 0.286. The molecule has 0 unspecified atom stereocenters. The molecule has 0 aromatic rings. The molecule has 0 aliphatic heterocycles. The lowest BCUT2D eigenvalue weighted by atomic mass is 10.4. The van der Waals surface area contributed by atoms with Crippen LogP contribution in [-0.2, 0) is 0 Å². The van der Waals surface area contributed by atoms with E-state index in [-0.39, 0.29) is 0 Å². The number of nitrogens with zero attached hydrogens (tertiary/aromatic N) is 1. The van der Waals surface area contributed by atoms with Gasteiger partial charge in [-0.2, -0.15) is 0 Å². The Labute approximate surface area is 55.8 Å². The lowest BCUT2D eigenvalue weighted by Crippen LogP contribution is -1.86. The Balaban J connectivity index is 4.11. The average Bonchev–Trinajstić information content (AvgIpc) is 1.87. The first-order chi connectivity index (χ1) is 4.20. The van der Waals surface area contributed by atoms with Crippen LogP contribution in [0.4, 0.5) is 0 Å². The quantitative estimate of drug-likeness (QED) is 0.556. The molecule has 0 aromatic carbocycles. The minimum atomic E-state index is 0.812. The van der Waals surface area contributed by atoms with Crippen molar-refractivity contribution >= 4 is 5.71 Å². The molecule has 0 saturated carbocycles. The van der Waals surface area contributed by atoms with Gasteiger partial charge in [0.15, 0.2) is 0 Å². The van der Waals surface area contributed by atoms with E-state index in [1.165, 1.54) is 6.20 Å². The van der Waals surface area contributed by atoms with Crippen molar-refractivity contribution in [2.75, 3.05) is 0 Å². The number of rotatable bonds is 2. The van der Waals surface area contributed by atoms with Crippen molar-refractivity contribution < 1.29 is 0 Å². The number of hydrogen-bond donors (Lipinski definition) is 1. The van der Waals surface area contributed by atoms with E-state index in [0.29, 0.717) is 0 Å². The molecule has 2 nitrogen and oxygen atoms in total. The van der Waals surface area contributed by atoms with Gasteiger partial charge in [-0.1, -0.05) is 6.58 Å². The van der Waals surface area contributed by atoms with Crippen LogP contribution in [0.2, 0.25) is 0 Å². The van der Waals surface area contributed by atoms with E-state index in [0.717, 1.165) is 11.4 Å². The molecule has 0 aliphatic rings. The molecule has 0 atom stereocenters. The first kappa shape index (κ1) is 7.95. The summed E-state index contributed by atoms with van der Waals surface area (Å²) in [5.74, 6) is 0. The molecule has 0 bridgehead atoms. The molecule has 50 valence electrons. The molecule has 0 radical (unpaired) electrons. The van der Waals surface area contributed by atoms with Crippen LogP contribution in [0.25, 0.3) is 0 Å². The van der Waals surface area contributed by atoms with E-state index in [9.17, 15) is 0 Å². The first-order valence-corrected chi connectivity index (χ1v) is 2.77. The molecule has 0 aliphatic carbocycles. The number of aliphatic imine (C=N–C) groups is 1. The molecule has 0 spiro atoms. The minimum Gasteiger partial charge on any atom is -0.403 e. The van der Waals surface area contributed by atoms with Crippen molar-refractivity contribution in [3.63, 3.8) is 0 Å². The van der Waals surface area contributed by atoms with E-state index < -0.39 is 0 Å². The molecule has 2 N–H and O–H groups in total. The second kappa shape index (κ2) is 3.89. The van der Waals surface area contributed by atoms with Gasteiger partial charge in [0.25, 0.3) is 0 Å². The summed E-state index contributed by atoms with van der Waals surface area (Å²) in [7, 11) is 0. The van der Waals surface area contributed by atoms with Crippen LogP contribution in [0.1, 0.15) is 13.8 Å². The van der Waals surface area contributed by atoms with Gasteiger partial charge in [-0.15, -0.1) is 0 Å². The van der Waals surface area contributed by atoms with E-state index >= 15 is 0 Å². The summed E-state index contributed by atoms with van der Waals surface area (Å²) in [5, 5.41) is 0. The zero-order valence-corrected chi connectivity index (χ0v) is 5.89. The van der Waals surface area contributed by atoms with Crippen LogP contribution in [0, 0.1) is 0 Å². The van der Waals surface area contributed by atoms with E-state index in [4.69, 9.17) is 5.73 Å². The molecule has 0 rings (SSSR count). The van der Waals surface area contributed by atoms with Crippen molar-refractivity contribution in [3.05, 3.63) is 24.6 Å². The van der Waals surface area contributed by atoms with E-state index in [2.05, 4.69) is 11.6 Å². The summed E-state index contributed by atoms with van der Waals surface area (Å²) in [6, 6.07) is 0. The Morgan fingerprint density at radius 3 is 2.44 bits per heavy atom. The van der Waals surface area contributed by atoms with Crippen molar-refractivity contribution in [2.24, 2.45) is 10.7 Å². The monoisotopic (exact) mass is 124 g/mol. The van der Waals surface area contributed by atoms with Gasteiger partial charge in [0.2, 0.25) is 0 Å². The van der Waals surface area contributed by atoms with Gasteiger partial charge >= 0.3 is 0 Å². The molecule has 0 fully saturated rings. The highest BCUT2D eigenvalue weighted by molar-refractivity contribution is 5.92. The standard InChI is InChI=1S/C7H12N2/c1-4-6(2)9-7(3)5-8/h4-5H,1,8H2,2-3H3/b7-5-,9-6-. The molecule has 0 aromatic heterocycles. The lowest BCUT2D eigenvalue weighted by molar-refractivity contribution is 1.26. The predicted molar refractivity (Wildman–Crippen MR) is 41.3 cm³/mol. The zero-order valence-electron chi connectivity index (χ0n) is 5.89. The normalized spacial score (nSPS) is 13.6. The van der Waals surface area contributed by atoms with Crippen LogP contribution >= 0.6 is 0 Å². The summed E-state index contributed by atoms with van der Waals surface area (Å²) in [6.07, 6.45) is 3.15. The summed E-state index contributed by atoms with van der Waals surface area (Å²) >= 11 is 0. The van der Waals surface area contributed by atoms with Crippen LogP contribution in [-0.4, -0.2) is 5.71 Å². The highest BCUT2D eigenvalue weighted by Crippen LogP contribution is 1.91. The summed E-state index contributed by atoms with van der Waals surface area (Å²) in [5.41, 5.74) is 6.87. The van der Waals surface area contributed by atoms with Crippen LogP contribution in [0.5, 0.6) is 0 Å². The van der Waals surface area contributed by atoms with Gasteiger partial charge in [0.1, 0.15) is 0 Å². The second-order valence-corrected chi connectivity index (χ2v) is 1.77. The summed E-state index contributed by atoms with van der Waals surface area (Å²) in [6.45, 7) is 7.26. The van der Waals surface area contributed by atoms with Crippen molar-refractivity contribution in [1.82, 2.24) is 0 Å². The largest absolute Gasteiger partial charge is 0.403 e. The maximum Gasteiger partial charge on any atom is 0.0530 e. The summed E-state index contributed by atoms with van der Waals surface area (Å²) < 4.78 is 0. The van der Waals surface area contributed by atoms with Crippen LogP contribution in [0.15, 0.2) is 29.5 Å². The van der Waals surface area contributed by atoms with E-state index in [1.807, 2.05) is 13.8 Å². The number of nitrogens with two attached hydrogens (primary N) is 1. The second-order valence-electron chi connectivity index (χ2n) is 1.77. The third-order valence-electron chi connectivity index (χ3n) is 0.889. The SMILES string of the molecule is C=C/C(C)=N\C(C)=C/N. The first-order valence-electron chi connectivity index (χ1n) is 2.77. The predicted octanol–water partition coefficient (Wildman–Crippen LogP) is 1.45. The average molecular weight is 124 g/mol. The summed E-state index contributed by atoms with van der Waals surface area (Å²) in [4.78, 5) is 4.05. The maximum atomic E-state index is 5.17. The van der Waals surface area contributed by atoms with Crippen LogP contribution in [0.3, 0.4) is 0 Å². The Kier molecular flexibility index (Phi) is 3.44. The molecule has 0 heterocycles. The highest BCUT2D eigenvalue weighted by atomic mass is 14.8.